The third kappa shape index (κ3) is 2.06. The molecule has 0 aliphatic carbocycles. The largest absolute Gasteiger partial charge is 0.337 e. The second-order valence-corrected chi connectivity index (χ2v) is 4.10. The fraction of sp³-hybridized carbons (Fsp3) is 0.571. The average molecular weight is 156 g/mol. The lowest BCUT2D eigenvalue weighted by Gasteiger charge is -1.98. The lowest BCUT2D eigenvalue weighted by atomic mass is 10.6. The van der Waals surface area contributed by atoms with Gasteiger partial charge in [-0.15, -0.1) is 0 Å². The maximum Gasteiger partial charge on any atom is 0.165 e. The molecule has 1 heterocycles. The van der Waals surface area contributed by atoms with Crippen LogP contribution in [-0.4, -0.2) is 15.2 Å². The molecule has 1 rings (SSSR count). The first kappa shape index (κ1) is 7.66. The molecule has 2 nitrogen and oxygen atoms in total. The van der Waals surface area contributed by atoms with Gasteiger partial charge in [0.05, 0.1) is 0 Å². The monoisotopic (exact) mass is 156 g/mol. The zero-order valence-electron chi connectivity index (χ0n) is 6.51. The molecule has 0 fully saturated rings. The van der Waals surface area contributed by atoms with Crippen molar-refractivity contribution in [3.63, 3.8) is 0 Å². The molecule has 56 valence electrons. The molecule has 1 aromatic rings. The van der Waals surface area contributed by atoms with Crippen molar-refractivity contribution in [3.05, 3.63) is 11.9 Å². The molecule has 1 aromatic heterocycles. The number of hydrogen-bond donors (Lipinski definition) is 1. The lowest BCUT2D eigenvalue weighted by molar-refractivity contribution is 1.01. The first-order valence-electron chi connectivity index (χ1n) is 3.37. The van der Waals surface area contributed by atoms with E-state index >= 15 is 0 Å². The smallest absolute Gasteiger partial charge is 0.165 e. The molecule has 0 radical (unpaired) electrons. The number of nitrogens with zero attached hydrogens (tertiary/aromatic N) is 1. The highest BCUT2D eigenvalue weighted by molar-refractivity contribution is 7.99. The molecule has 0 aliphatic rings. The third-order valence-electron chi connectivity index (χ3n) is 1.03. The molecule has 1 N–H and O–H groups in total. The number of aryl methyl sites for hydroxylation is 1. The van der Waals surface area contributed by atoms with Crippen molar-refractivity contribution in [2.75, 3.05) is 0 Å². The highest BCUT2D eigenvalue weighted by atomic mass is 32.2. The van der Waals surface area contributed by atoms with Crippen LogP contribution < -0.4 is 0 Å². The Labute approximate surface area is 65.4 Å². The van der Waals surface area contributed by atoms with Crippen molar-refractivity contribution < 1.29 is 0 Å². The maximum atomic E-state index is 4.16. The molecule has 0 aromatic carbocycles. The Morgan fingerprint density at radius 3 is 2.70 bits per heavy atom. The maximum absolute atomic E-state index is 4.16. The Morgan fingerprint density at radius 1 is 1.60 bits per heavy atom. The van der Waals surface area contributed by atoms with Crippen LogP contribution in [0.2, 0.25) is 0 Å². The molecule has 10 heavy (non-hydrogen) atoms. The van der Waals surface area contributed by atoms with E-state index in [1.165, 1.54) is 0 Å². The Morgan fingerprint density at radius 2 is 2.30 bits per heavy atom. The molecule has 0 unspecified atom stereocenters. The summed E-state index contributed by atoms with van der Waals surface area (Å²) in [6.07, 6.45) is 1.85. The number of aromatic nitrogens is 2. The SMILES string of the molecule is Cc1cnc(SC(C)C)[nH]1. The second kappa shape index (κ2) is 3.10. The molecule has 0 aliphatic heterocycles. The summed E-state index contributed by atoms with van der Waals surface area (Å²) in [6, 6.07) is 0. The summed E-state index contributed by atoms with van der Waals surface area (Å²) in [6.45, 7) is 6.32. The average Bonchev–Trinajstić information content (AvgIpc) is 2.13. The van der Waals surface area contributed by atoms with Crippen LogP contribution in [0.4, 0.5) is 0 Å². The van der Waals surface area contributed by atoms with E-state index in [9.17, 15) is 0 Å². The number of imidazole rings is 1. The standard InChI is InChI=1S/C7H12N2S/c1-5(2)10-7-8-4-6(3)9-7/h4-5H,1-3H3,(H,8,9). The number of hydrogen-bond acceptors (Lipinski definition) is 2. The Hall–Kier alpha value is -0.440. The summed E-state index contributed by atoms with van der Waals surface area (Å²) < 4.78 is 0. The van der Waals surface area contributed by atoms with Gasteiger partial charge in [-0.05, 0) is 6.92 Å². The normalized spacial score (nSPS) is 10.8. The van der Waals surface area contributed by atoms with E-state index < -0.39 is 0 Å². The van der Waals surface area contributed by atoms with Gasteiger partial charge in [-0.25, -0.2) is 4.98 Å². The highest BCUT2D eigenvalue weighted by Crippen LogP contribution is 2.18. The summed E-state index contributed by atoms with van der Waals surface area (Å²) in [7, 11) is 0. The van der Waals surface area contributed by atoms with E-state index in [0.29, 0.717) is 5.25 Å². The van der Waals surface area contributed by atoms with E-state index in [0.717, 1.165) is 10.9 Å². The van der Waals surface area contributed by atoms with Crippen LogP contribution in [0.1, 0.15) is 19.5 Å². The van der Waals surface area contributed by atoms with Crippen molar-refractivity contribution in [1.82, 2.24) is 9.97 Å². The van der Waals surface area contributed by atoms with Gasteiger partial charge < -0.3 is 4.98 Å². The molecular weight excluding hydrogens is 144 g/mol. The first-order valence-corrected chi connectivity index (χ1v) is 4.24. The molecule has 3 heteroatoms. The van der Waals surface area contributed by atoms with Crippen LogP contribution in [0.3, 0.4) is 0 Å². The molecule has 0 saturated heterocycles. The van der Waals surface area contributed by atoms with Crippen LogP contribution in [0.25, 0.3) is 0 Å². The first-order chi connectivity index (χ1) is 4.68. The topological polar surface area (TPSA) is 28.7 Å². The molecule has 0 saturated carbocycles. The predicted molar refractivity (Wildman–Crippen MR) is 44.3 cm³/mol. The van der Waals surface area contributed by atoms with Gasteiger partial charge in [-0.2, -0.15) is 0 Å². The molecule has 0 atom stereocenters. The fourth-order valence-electron chi connectivity index (χ4n) is 0.672. The molecule has 0 spiro atoms. The Bertz CT molecular complexity index is 205. The second-order valence-electron chi connectivity index (χ2n) is 2.54. The van der Waals surface area contributed by atoms with Crippen molar-refractivity contribution in [2.24, 2.45) is 0 Å². The fourth-order valence-corrected chi connectivity index (χ4v) is 1.45. The minimum Gasteiger partial charge on any atom is -0.337 e. The Balaban J connectivity index is 2.58. The van der Waals surface area contributed by atoms with Crippen LogP contribution in [0.15, 0.2) is 11.4 Å². The van der Waals surface area contributed by atoms with Crippen molar-refractivity contribution in [2.45, 2.75) is 31.2 Å². The van der Waals surface area contributed by atoms with Crippen molar-refractivity contribution >= 4 is 11.8 Å². The van der Waals surface area contributed by atoms with E-state index in [-0.39, 0.29) is 0 Å². The van der Waals surface area contributed by atoms with Crippen LogP contribution in [-0.2, 0) is 0 Å². The van der Waals surface area contributed by atoms with Crippen molar-refractivity contribution in [3.8, 4) is 0 Å². The van der Waals surface area contributed by atoms with Crippen LogP contribution in [0.5, 0.6) is 0 Å². The van der Waals surface area contributed by atoms with Gasteiger partial charge >= 0.3 is 0 Å². The highest BCUT2D eigenvalue weighted by Gasteiger charge is 1.99. The van der Waals surface area contributed by atoms with Gasteiger partial charge in [-0.3, -0.25) is 0 Å². The number of rotatable bonds is 2. The minimum absolute atomic E-state index is 0.602. The quantitative estimate of drug-likeness (QED) is 0.665. The Kier molecular flexibility index (Phi) is 2.38. The van der Waals surface area contributed by atoms with Gasteiger partial charge in [0.15, 0.2) is 5.16 Å². The summed E-state index contributed by atoms with van der Waals surface area (Å²) >= 11 is 1.75. The summed E-state index contributed by atoms with van der Waals surface area (Å²) in [5.74, 6) is 0. The van der Waals surface area contributed by atoms with E-state index in [4.69, 9.17) is 0 Å². The van der Waals surface area contributed by atoms with Crippen LogP contribution >= 0.6 is 11.8 Å². The van der Waals surface area contributed by atoms with Gasteiger partial charge in [0.1, 0.15) is 0 Å². The summed E-state index contributed by atoms with van der Waals surface area (Å²) in [5, 5.41) is 1.62. The van der Waals surface area contributed by atoms with Gasteiger partial charge in [0, 0.05) is 17.1 Å². The molecule has 0 bridgehead atoms. The number of aromatic amines is 1. The van der Waals surface area contributed by atoms with Gasteiger partial charge in [0.25, 0.3) is 0 Å². The minimum atomic E-state index is 0.602. The van der Waals surface area contributed by atoms with E-state index in [1.54, 1.807) is 11.8 Å². The van der Waals surface area contributed by atoms with Crippen LogP contribution in [0, 0.1) is 6.92 Å². The number of nitrogens with one attached hydrogen (secondary N) is 1. The van der Waals surface area contributed by atoms with E-state index in [1.807, 2.05) is 13.1 Å². The summed E-state index contributed by atoms with van der Waals surface area (Å²) in [5.41, 5.74) is 1.13. The van der Waals surface area contributed by atoms with Crippen molar-refractivity contribution in [1.29, 1.82) is 0 Å². The summed E-state index contributed by atoms with van der Waals surface area (Å²) in [4.78, 5) is 7.32. The predicted octanol–water partition coefficient (Wildman–Crippen LogP) is 2.22. The van der Waals surface area contributed by atoms with Gasteiger partial charge in [-0.1, -0.05) is 25.6 Å². The van der Waals surface area contributed by atoms with Gasteiger partial charge in [0.2, 0.25) is 0 Å². The zero-order chi connectivity index (χ0) is 7.56. The zero-order valence-corrected chi connectivity index (χ0v) is 7.33. The lowest BCUT2D eigenvalue weighted by Crippen LogP contribution is -1.86. The molecular formula is C7H12N2S. The number of thioether (sulfide) groups is 1. The van der Waals surface area contributed by atoms with E-state index in [2.05, 4.69) is 23.8 Å². The number of H-pyrrole nitrogens is 1. The third-order valence-corrected chi connectivity index (χ3v) is 1.93. The molecule has 0 amide bonds.